The molecule has 2 N–H and O–H groups in total. The minimum atomic E-state index is -0.309. The minimum absolute atomic E-state index is 0. The second-order valence-electron chi connectivity index (χ2n) is 6.39. The maximum atomic E-state index is 12.6. The van der Waals surface area contributed by atoms with Gasteiger partial charge in [-0.05, 0) is 51.1 Å². The third-order valence-electron chi connectivity index (χ3n) is 4.53. The molecule has 28 heavy (non-hydrogen) atoms. The molecule has 0 aliphatic carbocycles. The quantitative estimate of drug-likeness (QED) is 0.657. The van der Waals surface area contributed by atoms with Crippen molar-refractivity contribution >= 4 is 35.6 Å². The summed E-state index contributed by atoms with van der Waals surface area (Å²) in [6.45, 7) is 4.64. The lowest BCUT2D eigenvalue weighted by molar-refractivity contribution is 0.102. The van der Waals surface area contributed by atoms with Crippen LogP contribution >= 0.6 is 24.0 Å². The standard InChI is InChI=1S/C18H24ClN5O3.ClH/c1-12-17(22-23-24(12)14-5-7-20-8-6-14)18(25)21-13-3-4-16(15(19)11-13)27-10-9-26-2;/h3-4,11,14,20H,5-10H2,1-2H3,(H,21,25);1H. The molecule has 1 aromatic carbocycles. The molecular formula is C18H25Cl2N5O3. The van der Waals surface area contributed by atoms with Gasteiger partial charge in [-0.15, -0.1) is 17.5 Å². The van der Waals surface area contributed by atoms with E-state index < -0.39 is 0 Å². The zero-order valence-electron chi connectivity index (χ0n) is 15.9. The SMILES string of the molecule is COCCOc1ccc(NC(=O)c2nnn(C3CCNCC3)c2C)cc1Cl.Cl. The molecular weight excluding hydrogens is 405 g/mol. The Morgan fingerprint density at radius 2 is 2.11 bits per heavy atom. The fourth-order valence-electron chi connectivity index (χ4n) is 3.07. The van der Waals surface area contributed by atoms with E-state index in [9.17, 15) is 4.79 Å². The number of carbonyl (C=O) groups excluding carboxylic acids is 1. The first-order chi connectivity index (χ1) is 13.1. The number of nitrogens with zero attached hydrogens (tertiary/aromatic N) is 3. The van der Waals surface area contributed by atoms with Crippen molar-refractivity contribution < 1.29 is 14.3 Å². The molecule has 1 aliphatic heterocycles. The summed E-state index contributed by atoms with van der Waals surface area (Å²) in [6.07, 6.45) is 1.96. The van der Waals surface area contributed by atoms with Crippen molar-refractivity contribution in [1.29, 1.82) is 0 Å². The lowest BCUT2D eigenvalue weighted by Gasteiger charge is -2.23. The number of ether oxygens (including phenoxy) is 2. The molecule has 0 radical (unpaired) electrons. The summed E-state index contributed by atoms with van der Waals surface area (Å²) in [6, 6.07) is 5.37. The van der Waals surface area contributed by atoms with Crippen LogP contribution in [0.1, 0.15) is 35.1 Å². The lowest BCUT2D eigenvalue weighted by Crippen LogP contribution is -2.30. The molecule has 2 aromatic rings. The third-order valence-corrected chi connectivity index (χ3v) is 4.83. The van der Waals surface area contributed by atoms with Crippen LogP contribution in [-0.4, -0.2) is 54.3 Å². The van der Waals surface area contributed by atoms with E-state index in [1.807, 2.05) is 11.6 Å². The van der Waals surface area contributed by atoms with Crippen molar-refractivity contribution in [3.05, 3.63) is 34.6 Å². The van der Waals surface area contributed by atoms with E-state index in [1.54, 1.807) is 25.3 Å². The number of carbonyl (C=O) groups is 1. The topological polar surface area (TPSA) is 90.3 Å². The number of hydrogen-bond donors (Lipinski definition) is 2. The molecule has 0 saturated carbocycles. The number of hydrogen-bond acceptors (Lipinski definition) is 6. The highest BCUT2D eigenvalue weighted by molar-refractivity contribution is 6.32. The van der Waals surface area contributed by atoms with Crippen molar-refractivity contribution in [2.45, 2.75) is 25.8 Å². The molecule has 1 aliphatic rings. The van der Waals surface area contributed by atoms with Crippen molar-refractivity contribution in [3.8, 4) is 5.75 Å². The fourth-order valence-corrected chi connectivity index (χ4v) is 3.30. The number of piperidine rings is 1. The molecule has 8 nitrogen and oxygen atoms in total. The van der Waals surface area contributed by atoms with Crippen LogP contribution in [0.25, 0.3) is 0 Å². The number of amides is 1. The lowest BCUT2D eigenvalue weighted by atomic mass is 10.1. The third kappa shape index (κ3) is 5.35. The molecule has 0 atom stereocenters. The summed E-state index contributed by atoms with van der Waals surface area (Å²) in [4.78, 5) is 12.6. The minimum Gasteiger partial charge on any atom is -0.490 e. The highest BCUT2D eigenvalue weighted by atomic mass is 35.5. The smallest absolute Gasteiger partial charge is 0.278 e. The van der Waals surface area contributed by atoms with Gasteiger partial charge in [0.2, 0.25) is 0 Å². The van der Waals surface area contributed by atoms with Gasteiger partial charge in [0.15, 0.2) is 5.69 Å². The first-order valence-electron chi connectivity index (χ1n) is 8.95. The molecule has 0 spiro atoms. The van der Waals surface area contributed by atoms with Gasteiger partial charge >= 0.3 is 0 Å². The highest BCUT2D eigenvalue weighted by Gasteiger charge is 2.23. The number of rotatable bonds is 7. The Hall–Kier alpha value is -1.87. The second kappa shape index (κ2) is 10.6. The largest absolute Gasteiger partial charge is 0.490 e. The van der Waals surface area contributed by atoms with Gasteiger partial charge in [0.1, 0.15) is 12.4 Å². The average molecular weight is 430 g/mol. The molecule has 0 unspecified atom stereocenters. The maximum absolute atomic E-state index is 12.6. The van der Waals surface area contributed by atoms with Gasteiger partial charge in [0.05, 0.1) is 23.4 Å². The van der Waals surface area contributed by atoms with E-state index in [1.165, 1.54) is 0 Å². The number of benzene rings is 1. The summed E-state index contributed by atoms with van der Waals surface area (Å²) in [7, 11) is 1.60. The molecule has 1 aromatic heterocycles. The fraction of sp³-hybridized carbons (Fsp3) is 0.500. The first-order valence-corrected chi connectivity index (χ1v) is 9.33. The Labute approximate surface area is 175 Å². The summed E-state index contributed by atoms with van der Waals surface area (Å²) < 4.78 is 12.3. The van der Waals surface area contributed by atoms with Crippen LogP contribution in [0.2, 0.25) is 5.02 Å². The van der Waals surface area contributed by atoms with Gasteiger partial charge in [0.25, 0.3) is 5.91 Å². The van der Waals surface area contributed by atoms with Gasteiger partial charge in [-0.3, -0.25) is 4.79 Å². The van der Waals surface area contributed by atoms with Crippen LogP contribution in [0, 0.1) is 6.92 Å². The molecule has 1 amide bonds. The zero-order chi connectivity index (χ0) is 19.2. The molecule has 154 valence electrons. The van der Waals surface area contributed by atoms with Crippen LogP contribution in [0.4, 0.5) is 5.69 Å². The van der Waals surface area contributed by atoms with Crippen molar-refractivity contribution in [3.63, 3.8) is 0 Å². The molecule has 0 bridgehead atoms. The number of halogens is 2. The average Bonchev–Trinajstić information content (AvgIpc) is 3.06. The highest BCUT2D eigenvalue weighted by Crippen LogP contribution is 2.28. The summed E-state index contributed by atoms with van der Waals surface area (Å²) >= 11 is 6.22. The second-order valence-corrected chi connectivity index (χ2v) is 6.80. The van der Waals surface area contributed by atoms with E-state index in [4.69, 9.17) is 21.1 Å². The van der Waals surface area contributed by atoms with Gasteiger partial charge in [-0.25, -0.2) is 4.68 Å². The first kappa shape index (κ1) is 22.4. The maximum Gasteiger partial charge on any atom is 0.278 e. The van der Waals surface area contributed by atoms with Crippen molar-refractivity contribution in [1.82, 2.24) is 20.3 Å². The zero-order valence-corrected chi connectivity index (χ0v) is 17.5. The normalized spacial score (nSPS) is 14.4. The number of nitrogens with one attached hydrogen (secondary N) is 2. The molecule has 3 rings (SSSR count). The van der Waals surface area contributed by atoms with E-state index in [0.717, 1.165) is 31.6 Å². The summed E-state index contributed by atoms with van der Waals surface area (Å²) in [5.74, 6) is 0.233. The van der Waals surface area contributed by atoms with E-state index in [-0.39, 0.29) is 24.4 Å². The van der Waals surface area contributed by atoms with Crippen LogP contribution in [-0.2, 0) is 4.74 Å². The van der Waals surface area contributed by atoms with Gasteiger partial charge in [-0.2, -0.15) is 0 Å². The monoisotopic (exact) mass is 429 g/mol. The predicted molar refractivity (Wildman–Crippen MR) is 110 cm³/mol. The van der Waals surface area contributed by atoms with Gasteiger partial charge < -0.3 is 20.1 Å². The van der Waals surface area contributed by atoms with Gasteiger partial charge in [-0.1, -0.05) is 16.8 Å². The Morgan fingerprint density at radius 1 is 1.36 bits per heavy atom. The van der Waals surface area contributed by atoms with E-state index >= 15 is 0 Å². The molecule has 1 fully saturated rings. The molecule has 10 heteroatoms. The van der Waals surface area contributed by atoms with E-state index in [0.29, 0.717) is 35.4 Å². The Kier molecular flexibility index (Phi) is 8.50. The Balaban J connectivity index is 0.00000280. The van der Waals surface area contributed by atoms with Crippen molar-refractivity contribution in [2.75, 3.05) is 38.7 Å². The molecule has 2 heterocycles. The van der Waals surface area contributed by atoms with Gasteiger partial charge in [0, 0.05) is 12.8 Å². The summed E-state index contributed by atoms with van der Waals surface area (Å²) in [5, 5.41) is 14.8. The van der Waals surface area contributed by atoms with Crippen molar-refractivity contribution in [2.24, 2.45) is 0 Å². The predicted octanol–water partition coefficient (Wildman–Crippen LogP) is 2.86. The van der Waals surface area contributed by atoms with Crippen LogP contribution in [0.3, 0.4) is 0 Å². The number of methoxy groups -OCH3 is 1. The van der Waals surface area contributed by atoms with Crippen LogP contribution in [0.5, 0.6) is 5.75 Å². The molecule has 1 saturated heterocycles. The van der Waals surface area contributed by atoms with Crippen LogP contribution in [0.15, 0.2) is 18.2 Å². The Bertz CT molecular complexity index is 794. The van der Waals surface area contributed by atoms with E-state index in [2.05, 4.69) is 20.9 Å². The number of anilines is 1. The Morgan fingerprint density at radius 3 is 2.79 bits per heavy atom. The number of aromatic nitrogens is 3. The van der Waals surface area contributed by atoms with Crippen LogP contribution < -0.4 is 15.4 Å². The summed E-state index contributed by atoms with van der Waals surface area (Å²) in [5.41, 5.74) is 1.66.